The average molecular weight is 324 g/mol. The first kappa shape index (κ1) is 16.4. The van der Waals surface area contributed by atoms with Gasteiger partial charge in [0.15, 0.2) is 0 Å². The highest BCUT2D eigenvalue weighted by Gasteiger charge is 2.24. The van der Waals surface area contributed by atoms with Gasteiger partial charge in [0.05, 0.1) is 7.11 Å². The van der Waals surface area contributed by atoms with Crippen LogP contribution in [0, 0.1) is 5.92 Å². The van der Waals surface area contributed by atoms with E-state index < -0.39 is 0 Å². The Morgan fingerprint density at radius 3 is 2.54 bits per heavy atom. The molecular weight excluding hydrogens is 300 g/mol. The molecule has 2 N–H and O–H groups in total. The number of nitrogens with one attached hydrogen (secondary N) is 2. The minimum absolute atomic E-state index is 0.153. The molecule has 0 heterocycles. The summed E-state index contributed by atoms with van der Waals surface area (Å²) in [7, 11) is 1.68. The van der Waals surface area contributed by atoms with Crippen molar-refractivity contribution in [1.82, 2.24) is 0 Å². The van der Waals surface area contributed by atoms with Gasteiger partial charge in [-0.2, -0.15) is 0 Å². The van der Waals surface area contributed by atoms with E-state index in [0.29, 0.717) is 0 Å². The summed E-state index contributed by atoms with van der Waals surface area (Å²) >= 11 is 0. The van der Waals surface area contributed by atoms with Crippen molar-refractivity contribution in [1.29, 1.82) is 0 Å². The van der Waals surface area contributed by atoms with E-state index in [0.717, 1.165) is 42.9 Å². The Labute approximate surface area is 143 Å². The number of methoxy groups -OCH3 is 1. The third kappa shape index (κ3) is 4.28. The summed E-state index contributed by atoms with van der Waals surface area (Å²) in [5.74, 6) is 1.25. The molecule has 4 heteroatoms. The zero-order valence-corrected chi connectivity index (χ0v) is 14.0. The first-order chi connectivity index (χ1) is 11.7. The Bertz CT molecular complexity index is 678. The van der Waals surface area contributed by atoms with E-state index in [4.69, 9.17) is 4.74 Å². The van der Waals surface area contributed by atoms with Crippen molar-refractivity contribution in [3.8, 4) is 5.75 Å². The van der Waals surface area contributed by atoms with E-state index in [1.165, 1.54) is 12.0 Å². The van der Waals surface area contributed by atoms with Crippen LogP contribution in [0.2, 0.25) is 0 Å². The van der Waals surface area contributed by atoms with Gasteiger partial charge < -0.3 is 15.4 Å². The normalized spacial score (nSPS) is 13.9. The van der Waals surface area contributed by atoms with Gasteiger partial charge in [0, 0.05) is 23.8 Å². The Hall–Kier alpha value is -2.49. The number of hydrogen-bond donors (Lipinski definition) is 2. The molecule has 2 aromatic carbocycles. The van der Waals surface area contributed by atoms with Crippen LogP contribution in [0.15, 0.2) is 48.5 Å². The van der Waals surface area contributed by atoms with Crippen LogP contribution in [0.3, 0.4) is 0 Å². The molecule has 1 aliphatic rings. The van der Waals surface area contributed by atoms with Gasteiger partial charge >= 0.3 is 0 Å². The molecule has 0 aromatic heterocycles. The zero-order valence-electron chi connectivity index (χ0n) is 14.0. The number of anilines is 2. The van der Waals surface area contributed by atoms with Crippen LogP contribution >= 0.6 is 0 Å². The van der Waals surface area contributed by atoms with Gasteiger partial charge in [-0.15, -0.1) is 0 Å². The zero-order chi connectivity index (χ0) is 16.8. The molecule has 1 saturated carbocycles. The number of carbonyl (C=O) groups is 1. The van der Waals surface area contributed by atoms with Crippen LogP contribution in [0.5, 0.6) is 5.75 Å². The summed E-state index contributed by atoms with van der Waals surface area (Å²) in [6, 6.07) is 16.0. The summed E-state index contributed by atoms with van der Waals surface area (Å²) in [6.45, 7) is 0.848. The average Bonchev–Trinajstić information content (AvgIpc) is 2.55. The van der Waals surface area contributed by atoms with Crippen molar-refractivity contribution in [2.24, 2.45) is 5.92 Å². The highest BCUT2D eigenvalue weighted by atomic mass is 16.5. The van der Waals surface area contributed by atoms with Crippen LogP contribution < -0.4 is 15.4 Å². The maximum atomic E-state index is 11.9. The standard InChI is InChI=1S/C20H24N2O2/c1-24-19-7-2-4-15(14-19)12-13-21-17-8-10-18(11-9-17)22-20(23)16-5-3-6-16/h2,4,7-11,14,16,21H,3,5-6,12-13H2,1H3,(H,22,23). The van der Waals surface area contributed by atoms with Gasteiger partial charge in [0.25, 0.3) is 0 Å². The second-order valence-corrected chi connectivity index (χ2v) is 6.22. The first-order valence-corrected chi connectivity index (χ1v) is 8.52. The third-order valence-electron chi connectivity index (χ3n) is 4.51. The number of hydrogen-bond acceptors (Lipinski definition) is 3. The van der Waals surface area contributed by atoms with E-state index in [9.17, 15) is 4.79 Å². The molecule has 1 amide bonds. The summed E-state index contributed by atoms with van der Waals surface area (Å²) in [4.78, 5) is 11.9. The predicted octanol–water partition coefficient (Wildman–Crippen LogP) is 4.09. The Morgan fingerprint density at radius 1 is 1.12 bits per heavy atom. The summed E-state index contributed by atoms with van der Waals surface area (Å²) in [6.07, 6.45) is 4.15. The van der Waals surface area contributed by atoms with Crippen LogP contribution in [-0.4, -0.2) is 19.6 Å². The fourth-order valence-corrected chi connectivity index (χ4v) is 2.77. The van der Waals surface area contributed by atoms with Gasteiger partial charge in [0.1, 0.15) is 5.75 Å². The van der Waals surface area contributed by atoms with Crippen molar-refractivity contribution >= 4 is 17.3 Å². The highest BCUT2D eigenvalue weighted by Crippen LogP contribution is 2.27. The number of benzene rings is 2. The monoisotopic (exact) mass is 324 g/mol. The van der Waals surface area contributed by atoms with Crippen LogP contribution in [0.25, 0.3) is 0 Å². The molecule has 126 valence electrons. The van der Waals surface area contributed by atoms with Crippen molar-refractivity contribution in [2.45, 2.75) is 25.7 Å². The molecule has 1 aliphatic carbocycles. The molecule has 0 aliphatic heterocycles. The van der Waals surface area contributed by atoms with Crippen molar-refractivity contribution in [2.75, 3.05) is 24.3 Å². The molecule has 4 nitrogen and oxygen atoms in total. The first-order valence-electron chi connectivity index (χ1n) is 8.52. The van der Waals surface area contributed by atoms with E-state index in [-0.39, 0.29) is 11.8 Å². The van der Waals surface area contributed by atoms with E-state index in [1.54, 1.807) is 7.11 Å². The highest BCUT2D eigenvalue weighted by molar-refractivity contribution is 5.93. The minimum Gasteiger partial charge on any atom is -0.497 e. The molecular formula is C20H24N2O2. The lowest BCUT2D eigenvalue weighted by Gasteiger charge is -2.24. The van der Waals surface area contributed by atoms with Gasteiger partial charge in [-0.25, -0.2) is 0 Å². The number of rotatable bonds is 7. The SMILES string of the molecule is COc1cccc(CCNc2ccc(NC(=O)C3CCC3)cc2)c1. The summed E-state index contributed by atoms with van der Waals surface area (Å²) < 4.78 is 5.24. The van der Waals surface area contributed by atoms with Crippen LogP contribution in [0.1, 0.15) is 24.8 Å². The van der Waals surface area contributed by atoms with Crippen LogP contribution in [0.4, 0.5) is 11.4 Å². The lowest BCUT2D eigenvalue weighted by atomic mass is 9.85. The van der Waals surface area contributed by atoms with Crippen molar-refractivity contribution < 1.29 is 9.53 Å². The second-order valence-electron chi connectivity index (χ2n) is 6.22. The molecule has 2 aromatic rings. The molecule has 0 unspecified atom stereocenters. The molecule has 3 rings (SSSR count). The molecule has 1 fully saturated rings. The van der Waals surface area contributed by atoms with E-state index in [1.807, 2.05) is 36.4 Å². The predicted molar refractivity (Wildman–Crippen MR) is 97.6 cm³/mol. The smallest absolute Gasteiger partial charge is 0.227 e. The fraction of sp³-hybridized carbons (Fsp3) is 0.350. The largest absolute Gasteiger partial charge is 0.497 e. The molecule has 0 bridgehead atoms. The minimum atomic E-state index is 0.153. The number of carbonyl (C=O) groups excluding carboxylic acids is 1. The Kier molecular flexibility index (Phi) is 5.36. The topological polar surface area (TPSA) is 50.4 Å². The van der Waals surface area contributed by atoms with Gasteiger partial charge in [-0.3, -0.25) is 4.79 Å². The quantitative estimate of drug-likeness (QED) is 0.806. The Balaban J connectivity index is 1.46. The Morgan fingerprint density at radius 2 is 1.88 bits per heavy atom. The molecule has 0 atom stereocenters. The lowest BCUT2D eigenvalue weighted by Crippen LogP contribution is -2.27. The third-order valence-corrected chi connectivity index (χ3v) is 4.51. The van der Waals surface area contributed by atoms with Gasteiger partial charge in [-0.05, 0) is 61.2 Å². The second kappa shape index (κ2) is 7.86. The molecule has 24 heavy (non-hydrogen) atoms. The van der Waals surface area contributed by atoms with E-state index >= 15 is 0 Å². The lowest BCUT2D eigenvalue weighted by molar-refractivity contribution is -0.122. The molecule has 0 saturated heterocycles. The number of amides is 1. The van der Waals surface area contributed by atoms with Crippen LogP contribution in [-0.2, 0) is 11.2 Å². The maximum absolute atomic E-state index is 11.9. The summed E-state index contributed by atoms with van der Waals surface area (Å²) in [5.41, 5.74) is 3.16. The fourth-order valence-electron chi connectivity index (χ4n) is 2.77. The number of ether oxygens (including phenoxy) is 1. The van der Waals surface area contributed by atoms with Crippen molar-refractivity contribution in [3.63, 3.8) is 0 Å². The van der Waals surface area contributed by atoms with Crippen molar-refractivity contribution in [3.05, 3.63) is 54.1 Å². The molecule has 0 spiro atoms. The maximum Gasteiger partial charge on any atom is 0.227 e. The summed E-state index contributed by atoms with van der Waals surface area (Å²) in [5, 5.41) is 6.39. The van der Waals surface area contributed by atoms with E-state index in [2.05, 4.69) is 22.8 Å². The van der Waals surface area contributed by atoms with Gasteiger partial charge in [-0.1, -0.05) is 18.6 Å². The molecule has 0 radical (unpaired) electrons. The van der Waals surface area contributed by atoms with Gasteiger partial charge in [0.2, 0.25) is 5.91 Å².